The molecule has 1 aliphatic heterocycles. The molecule has 0 N–H and O–H groups in total. The Balaban J connectivity index is 1.57. The number of amides is 1. The van der Waals surface area contributed by atoms with E-state index in [9.17, 15) is 26.4 Å². The normalized spacial score (nSPS) is 20.9. The molecule has 9 heteroatoms. The monoisotopic (exact) mass is 457 g/mol. The molecule has 1 atom stereocenters. The molecule has 1 unspecified atom stereocenters. The van der Waals surface area contributed by atoms with E-state index >= 15 is 0 Å². The van der Waals surface area contributed by atoms with E-state index in [-0.39, 0.29) is 25.4 Å². The molecule has 1 saturated heterocycles. The van der Waals surface area contributed by atoms with Crippen LogP contribution in [-0.2, 0) is 26.2 Å². The van der Waals surface area contributed by atoms with Crippen LogP contribution >= 0.6 is 11.6 Å². The topological polar surface area (TPSA) is 54.5 Å². The third-order valence-corrected chi connectivity index (χ3v) is 8.41. The third kappa shape index (κ3) is 3.60. The first-order valence-corrected chi connectivity index (χ1v) is 11.4. The van der Waals surface area contributed by atoms with E-state index in [0.29, 0.717) is 17.9 Å². The molecule has 1 amide bonds. The van der Waals surface area contributed by atoms with Gasteiger partial charge in [-0.1, -0.05) is 35.9 Å². The van der Waals surface area contributed by atoms with Gasteiger partial charge in [-0.15, -0.1) is 0 Å². The summed E-state index contributed by atoms with van der Waals surface area (Å²) in [6.07, 6.45) is -3.36. The van der Waals surface area contributed by atoms with Gasteiger partial charge in [0.05, 0.1) is 21.1 Å². The van der Waals surface area contributed by atoms with Gasteiger partial charge < -0.3 is 4.90 Å². The van der Waals surface area contributed by atoms with E-state index in [0.717, 1.165) is 23.8 Å². The number of benzene rings is 2. The number of likely N-dealkylation sites (tertiary alicyclic amines) is 1. The summed E-state index contributed by atoms with van der Waals surface area (Å²) in [5.74, 6) is -0.174. The molecule has 4 rings (SSSR count). The number of alkyl halides is 3. The summed E-state index contributed by atoms with van der Waals surface area (Å²) in [4.78, 5) is 13.9. The maximum atomic E-state index is 13.3. The molecule has 30 heavy (non-hydrogen) atoms. The van der Waals surface area contributed by atoms with Crippen molar-refractivity contribution in [2.24, 2.45) is 0 Å². The van der Waals surface area contributed by atoms with E-state index < -0.39 is 37.1 Å². The maximum Gasteiger partial charge on any atom is 0.417 e. The van der Waals surface area contributed by atoms with Crippen molar-refractivity contribution in [3.05, 3.63) is 64.7 Å². The number of hydrogen-bond acceptors (Lipinski definition) is 3. The van der Waals surface area contributed by atoms with Gasteiger partial charge in [-0.3, -0.25) is 4.79 Å². The summed E-state index contributed by atoms with van der Waals surface area (Å²) in [5.41, 5.74) is -1.03. The predicted octanol–water partition coefficient (Wildman–Crippen LogP) is 4.47. The van der Waals surface area contributed by atoms with Crippen molar-refractivity contribution in [3.8, 4) is 0 Å². The zero-order chi connectivity index (χ0) is 21.7. The van der Waals surface area contributed by atoms with E-state index in [4.69, 9.17) is 11.6 Å². The minimum absolute atomic E-state index is 0.108. The van der Waals surface area contributed by atoms with E-state index in [2.05, 4.69) is 0 Å². The Morgan fingerprint density at radius 1 is 1.07 bits per heavy atom. The Morgan fingerprint density at radius 2 is 1.70 bits per heavy atom. The van der Waals surface area contributed by atoms with Crippen molar-refractivity contribution < 1.29 is 26.4 Å². The standard InChI is InChI=1S/C21H19ClF3NO3S/c22-15-7-5-14(6-8-15)20(10-11-20)19(27)26-12-9-16(13-26)30(28,29)18-4-2-1-3-17(18)21(23,24)25/h1-8,16H,9-13H2. The summed E-state index contributed by atoms with van der Waals surface area (Å²) < 4.78 is 65.9. The van der Waals surface area contributed by atoms with Gasteiger partial charge >= 0.3 is 6.18 Å². The van der Waals surface area contributed by atoms with Crippen molar-refractivity contribution in [1.29, 1.82) is 0 Å². The maximum absolute atomic E-state index is 13.3. The van der Waals surface area contributed by atoms with Crippen molar-refractivity contribution in [1.82, 2.24) is 4.90 Å². The molecule has 1 heterocycles. The van der Waals surface area contributed by atoms with Gasteiger partial charge in [0.25, 0.3) is 0 Å². The Labute approximate surface area is 177 Å². The highest BCUT2D eigenvalue weighted by molar-refractivity contribution is 7.92. The molecule has 0 radical (unpaired) electrons. The minimum atomic E-state index is -4.77. The molecule has 0 spiro atoms. The summed E-state index contributed by atoms with van der Waals surface area (Å²) in [7, 11) is -4.25. The quantitative estimate of drug-likeness (QED) is 0.681. The van der Waals surface area contributed by atoms with Crippen LogP contribution in [0.2, 0.25) is 5.02 Å². The van der Waals surface area contributed by atoms with Crippen LogP contribution < -0.4 is 0 Å². The lowest BCUT2D eigenvalue weighted by Gasteiger charge is -2.24. The van der Waals surface area contributed by atoms with E-state index in [1.54, 1.807) is 24.3 Å². The van der Waals surface area contributed by atoms with Crippen molar-refractivity contribution in [2.75, 3.05) is 13.1 Å². The van der Waals surface area contributed by atoms with Gasteiger partial charge in [-0.05, 0) is 49.1 Å². The number of nitrogens with zero attached hydrogens (tertiary/aromatic N) is 1. The second-order valence-electron chi connectivity index (χ2n) is 7.79. The van der Waals surface area contributed by atoms with Crippen LogP contribution in [0, 0.1) is 0 Å². The van der Waals surface area contributed by atoms with Gasteiger partial charge in [-0.25, -0.2) is 8.42 Å². The average molecular weight is 458 g/mol. The molecule has 2 fully saturated rings. The highest BCUT2D eigenvalue weighted by Gasteiger charge is 2.54. The van der Waals surface area contributed by atoms with Crippen molar-refractivity contribution in [3.63, 3.8) is 0 Å². The second-order valence-corrected chi connectivity index (χ2v) is 10.4. The summed E-state index contributed by atoms with van der Waals surface area (Å²) in [6, 6.07) is 11.2. The summed E-state index contributed by atoms with van der Waals surface area (Å²) in [6.45, 7) is 0.0922. The Bertz CT molecular complexity index is 1080. The highest BCUT2D eigenvalue weighted by Crippen LogP contribution is 2.50. The molecule has 160 valence electrons. The first-order valence-electron chi connectivity index (χ1n) is 9.51. The molecule has 0 aromatic heterocycles. The van der Waals surface area contributed by atoms with Crippen LogP contribution in [0.3, 0.4) is 0 Å². The van der Waals surface area contributed by atoms with Crippen LogP contribution in [0.4, 0.5) is 13.2 Å². The largest absolute Gasteiger partial charge is 0.417 e. The molecular weight excluding hydrogens is 439 g/mol. The fourth-order valence-corrected chi connectivity index (χ4v) is 6.15. The van der Waals surface area contributed by atoms with Crippen LogP contribution in [0.15, 0.2) is 53.4 Å². The van der Waals surface area contributed by atoms with Gasteiger partial charge in [0.2, 0.25) is 5.91 Å². The Kier molecular flexibility index (Phi) is 5.13. The molecule has 2 aromatic rings. The third-order valence-electron chi connectivity index (χ3n) is 5.93. The predicted molar refractivity (Wildman–Crippen MR) is 106 cm³/mol. The van der Waals surface area contributed by atoms with E-state index in [1.807, 2.05) is 0 Å². The lowest BCUT2D eigenvalue weighted by molar-refractivity contribution is -0.140. The molecule has 4 nitrogen and oxygen atoms in total. The van der Waals surface area contributed by atoms with Crippen LogP contribution in [0.5, 0.6) is 0 Å². The van der Waals surface area contributed by atoms with E-state index in [1.165, 1.54) is 11.0 Å². The highest BCUT2D eigenvalue weighted by atomic mass is 35.5. The van der Waals surface area contributed by atoms with Crippen molar-refractivity contribution in [2.45, 2.75) is 41.0 Å². The SMILES string of the molecule is O=C(N1CCC(S(=O)(=O)c2ccccc2C(F)(F)F)C1)C1(c2ccc(Cl)cc2)CC1. The van der Waals surface area contributed by atoms with Crippen LogP contribution in [0.1, 0.15) is 30.4 Å². The number of sulfone groups is 1. The Morgan fingerprint density at radius 3 is 2.30 bits per heavy atom. The minimum Gasteiger partial charge on any atom is -0.341 e. The van der Waals surface area contributed by atoms with Crippen LogP contribution in [-0.4, -0.2) is 37.6 Å². The number of carbonyl (C=O) groups excluding carboxylic acids is 1. The first-order chi connectivity index (χ1) is 14.1. The molecule has 2 aromatic carbocycles. The fourth-order valence-electron chi connectivity index (χ4n) is 4.12. The summed E-state index contributed by atoms with van der Waals surface area (Å²) >= 11 is 5.92. The van der Waals surface area contributed by atoms with Gasteiger partial charge in [0.15, 0.2) is 9.84 Å². The fraction of sp³-hybridized carbons (Fsp3) is 0.381. The lowest BCUT2D eigenvalue weighted by atomic mass is 9.94. The second kappa shape index (κ2) is 7.27. The van der Waals surface area contributed by atoms with Crippen molar-refractivity contribution >= 4 is 27.3 Å². The lowest BCUT2D eigenvalue weighted by Crippen LogP contribution is -2.39. The zero-order valence-corrected chi connectivity index (χ0v) is 17.4. The molecule has 2 aliphatic rings. The number of hydrogen-bond donors (Lipinski definition) is 0. The van der Waals surface area contributed by atoms with Gasteiger partial charge in [0, 0.05) is 18.1 Å². The average Bonchev–Trinajstić information content (AvgIpc) is 3.35. The summed E-state index contributed by atoms with van der Waals surface area (Å²) in [5, 5.41) is -0.511. The number of halogens is 4. The number of rotatable bonds is 4. The smallest absolute Gasteiger partial charge is 0.341 e. The van der Waals surface area contributed by atoms with Gasteiger partial charge in [-0.2, -0.15) is 13.2 Å². The Hall–Kier alpha value is -2.06. The van der Waals surface area contributed by atoms with Crippen LogP contribution in [0.25, 0.3) is 0 Å². The zero-order valence-electron chi connectivity index (χ0n) is 15.8. The molecule has 1 aliphatic carbocycles. The first kappa shape index (κ1) is 21.2. The molecular formula is C21H19ClF3NO3S. The van der Waals surface area contributed by atoms with Gasteiger partial charge in [0.1, 0.15) is 0 Å². The molecule has 1 saturated carbocycles. The molecule has 0 bridgehead atoms. The number of carbonyl (C=O) groups is 1.